The molecule has 1 saturated carbocycles. The molecule has 2 N–H and O–H groups in total. The molecule has 2 saturated heterocycles. The Hall–Kier alpha value is -0.120. The van der Waals surface area contributed by atoms with Gasteiger partial charge in [-0.2, -0.15) is 0 Å². The van der Waals surface area contributed by atoms with Gasteiger partial charge in [-0.1, -0.05) is 6.92 Å². The third kappa shape index (κ3) is 1.08. The summed E-state index contributed by atoms with van der Waals surface area (Å²) in [7, 11) is 0. The molecular formula is C8H16N2O. The average molecular weight is 156 g/mol. The number of nitrogens with two attached hydrogens (primary N) is 1. The molecule has 3 nitrogen and oxygen atoms in total. The van der Waals surface area contributed by atoms with Crippen LogP contribution < -0.4 is 5.90 Å². The van der Waals surface area contributed by atoms with Gasteiger partial charge in [0.15, 0.2) is 0 Å². The van der Waals surface area contributed by atoms with Gasteiger partial charge in [-0.05, 0) is 13.0 Å². The largest absolute Gasteiger partial charge is 0.303 e. The highest BCUT2D eigenvalue weighted by atomic mass is 16.6. The topological polar surface area (TPSA) is 38.5 Å². The molecule has 2 aliphatic heterocycles. The average Bonchev–Trinajstić information content (AvgIpc) is 2.05. The van der Waals surface area contributed by atoms with Crippen LogP contribution in [0.3, 0.4) is 0 Å². The summed E-state index contributed by atoms with van der Waals surface area (Å²) in [5.41, 5.74) is 0. The minimum absolute atomic E-state index is 0.373. The van der Waals surface area contributed by atoms with E-state index in [1.54, 1.807) is 0 Å². The highest BCUT2D eigenvalue weighted by Crippen LogP contribution is 2.41. The minimum atomic E-state index is 0.373. The van der Waals surface area contributed by atoms with Gasteiger partial charge in [-0.3, -0.25) is 0 Å². The van der Waals surface area contributed by atoms with Crippen LogP contribution >= 0.6 is 0 Å². The molecule has 2 unspecified atom stereocenters. The second-order valence-corrected chi connectivity index (χ2v) is 3.71. The molecule has 3 fully saturated rings. The quantitative estimate of drug-likeness (QED) is 0.581. The maximum atomic E-state index is 5.19. The van der Waals surface area contributed by atoms with Crippen LogP contribution in [0, 0.1) is 11.8 Å². The summed E-state index contributed by atoms with van der Waals surface area (Å²) in [6.07, 6.45) is 1.70. The normalized spacial score (nSPS) is 43.6. The van der Waals surface area contributed by atoms with E-state index in [1.165, 1.54) is 26.1 Å². The van der Waals surface area contributed by atoms with Crippen molar-refractivity contribution in [1.29, 1.82) is 0 Å². The zero-order chi connectivity index (χ0) is 7.84. The fourth-order valence-corrected chi connectivity index (χ4v) is 2.42. The Balaban J connectivity index is 1.91. The van der Waals surface area contributed by atoms with Crippen molar-refractivity contribution in [3.8, 4) is 0 Å². The molecule has 0 aromatic rings. The van der Waals surface area contributed by atoms with Gasteiger partial charge in [0.05, 0.1) is 6.10 Å². The van der Waals surface area contributed by atoms with E-state index in [0.29, 0.717) is 6.10 Å². The number of fused-ring (bicyclic) bond motifs is 2. The van der Waals surface area contributed by atoms with E-state index in [4.69, 9.17) is 10.7 Å². The summed E-state index contributed by atoms with van der Waals surface area (Å²) in [5.74, 6) is 6.63. The van der Waals surface area contributed by atoms with E-state index >= 15 is 0 Å². The molecule has 0 amide bonds. The SMILES string of the molecule is CCN1CC2CC(C1)C2ON. The first-order valence-electron chi connectivity index (χ1n) is 4.43. The molecule has 11 heavy (non-hydrogen) atoms. The zero-order valence-corrected chi connectivity index (χ0v) is 6.99. The number of hydrogen-bond acceptors (Lipinski definition) is 3. The van der Waals surface area contributed by atoms with E-state index in [0.717, 1.165) is 11.8 Å². The molecular weight excluding hydrogens is 140 g/mol. The van der Waals surface area contributed by atoms with Gasteiger partial charge >= 0.3 is 0 Å². The molecule has 0 aromatic carbocycles. The Morgan fingerprint density at radius 3 is 2.55 bits per heavy atom. The van der Waals surface area contributed by atoms with E-state index in [-0.39, 0.29) is 0 Å². The summed E-state index contributed by atoms with van der Waals surface area (Å²) in [6.45, 7) is 5.76. The second-order valence-electron chi connectivity index (χ2n) is 3.71. The van der Waals surface area contributed by atoms with Crippen LogP contribution in [0.1, 0.15) is 13.3 Å². The second kappa shape index (κ2) is 2.73. The van der Waals surface area contributed by atoms with Crippen molar-refractivity contribution < 1.29 is 4.84 Å². The van der Waals surface area contributed by atoms with Gasteiger partial charge in [0.2, 0.25) is 0 Å². The fourth-order valence-electron chi connectivity index (χ4n) is 2.42. The van der Waals surface area contributed by atoms with Crippen molar-refractivity contribution in [2.24, 2.45) is 17.7 Å². The molecule has 3 rings (SSSR count). The first-order chi connectivity index (χ1) is 5.35. The van der Waals surface area contributed by atoms with Gasteiger partial charge < -0.3 is 9.74 Å². The van der Waals surface area contributed by atoms with Gasteiger partial charge in [0.25, 0.3) is 0 Å². The van der Waals surface area contributed by atoms with Crippen molar-refractivity contribution in [3.63, 3.8) is 0 Å². The molecule has 2 bridgehead atoms. The van der Waals surface area contributed by atoms with Crippen LogP contribution in [0.2, 0.25) is 0 Å². The summed E-state index contributed by atoms with van der Waals surface area (Å²) in [6, 6.07) is 0. The van der Waals surface area contributed by atoms with Crippen LogP contribution in [0.5, 0.6) is 0 Å². The lowest BCUT2D eigenvalue weighted by Crippen LogP contribution is -2.59. The first-order valence-corrected chi connectivity index (χ1v) is 4.43. The Morgan fingerprint density at radius 2 is 2.09 bits per heavy atom. The Bertz CT molecular complexity index is 139. The smallest absolute Gasteiger partial charge is 0.0868 e. The lowest BCUT2D eigenvalue weighted by atomic mass is 9.68. The van der Waals surface area contributed by atoms with Gasteiger partial charge in [-0.25, -0.2) is 5.90 Å². The van der Waals surface area contributed by atoms with Crippen LogP contribution in [-0.2, 0) is 4.84 Å². The van der Waals surface area contributed by atoms with E-state index in [2.05, 4.69) is 11.8 Å². The molecule has 3 aliphatic rings. The summed E-state index contributed by atoms with van der Waals surface area (Å²) >= 11 is 0. The highest BCUT2D eigenvalue weighted by Gasteiger charge is 2.46. The Kier molecular flexibility index (Phi) is 1.87. The highest BCUT2D eigenvalue weighted by molar-refractivity contribution is 4.97. The lowest BCUT2D eigenvalue weighted by molar-refractivity contribution is -0.144. The minimum Gasteiger partial charge on any atom is -0.303 e. The van der Waals surface area contributed by atoms with Crippen molar-refractivity contribution in [3.05, 3.63) is 0 Å². The predicted octanol–water partition coefficient (Wildman–Crippen LogP) is 0.217. The van der Waals surface area contributed by atoms with Crippen molar-refractivity contribution >= 4 is 0 Å². The van der Waals surface area contributed by atoms with Gasteiger partial charge in [0.1, 0.15) is 0 Å². The molecule has 1 aliphatic carbocycles. The van der Waals surface area contributed by atoms with Crippen molar-refractivity contribution in [2.75, 3.05) is 19.6 Å². The van der Waals surface area contributed by atoms with E-state index in [1.807, 2.05) is 0 Å². The van der Waals surface area contributed by atoms with Crippen molar-refractivity contribution in [1.82, 2.24) is 4.90 Å². The number of hydrogen-bond donors (Lipinski definition) is 1. The van der Waals surface area contributed by atoms with Crippen LogP contribution in [0.4, 0.5) is 0 Å². The number of rotatable bonds is 2. The molecule has 2 heterocycles. The van der Waals surface area contributed by atoms with Crippen LogP contribution in [0.25, 0.3) is 0 Å². The fraction of sp³-hybridized carbons (Fsp3) is 1.00. The van der Waals surface area contributed by atoms with Gasteiger partial charge in [-0.15, -0.1) is 0 Å². The summed E-state index contributed by atoms with van der Waals surface area (Å²) in [5, 5.41) is 0. The van der Waals surface area contributed by atoms with Gasteiger partial charge in [0, 0.05) is 24.9 Å². The van der Waals surface area contributed by atoms with Crippen LogP contribution in [0.15, 0.2) is 0 Å². The number of piperidine rings is 2. The van der Waals surface area contributed by atoms with E-state index < -0.39 is 0 Å². The third-order valence-corrected chi connectivity index (χ3v) is 3.12. The monoisotopic (exact) mass is 156 g/mol. The van der Waals surface area contributed by atoms with Crippen molar-refractivity contribution in [2.45, 2.75) is 19.4 Å². The molecule has 3 heteroatoms. The van der Waals surface area contributed by atoms with Crippen LogP contribution in [-0.4, -0.2) is 30.6 Å². The number of nitrogens with zero attached hydrogens (tertiary/aromatic N) is 1. The Morgan fingerprint density at radius 1 is 1.45 bits per heavy atom. The summed E-state index contributed by atoms with van der Waals surface area (Å²) in [4.78, 5) is 7.40. The maximum absolute atomic E-state index is 5.19. The third-order valence-electron chi connectivity index (χ3n) is 3.12. The summed E-state index contributed by atoms with van der Waals surface area (Å²) < 4.78 is 0. The Labute approximate surface area is 67.4 Å². The molecule has 0 radical (unpaired) electrons. The molecule has 0 spiro atoms. The molecule has 2 atom stereocenters. The molecule has 0 aromatic heterocycles. The lowest BCUT2D eigenvalue weighted by Gasteiger charge is -2.52. The standard InChI is InChI=1S/C8H16N2O/c1-2-10-4-6-3-7(5-10)8(6)11-9/h6-8H,2-5,9H2,1H3. The zero-order valence-electron chi connectivity index (χ0n) is 6.99. The van der Waals surface area contributed by atoms with E-state index in [9.17, 15) is 0 Å². The predicted molar refractivity (Wildman–Crippen MR) is 42.8 cm³/mol. The molecule has 64 valence electrons. The first kappa shape index (κ1) is 7.53. The maximum Gasteiger partial charge on any atom is 0.0868 e.